The Morgan fingerprint density at radius 1 is 1.14 bits per heavy atom. The maximum atomic E-state index is 12.9. The zero-order valence-electron chi connectivity index (χ0n) is 16.6. The van der Waals surface area contributed by atoms with Crippen LogP contribution in [0.2, 0.25) is 0 Å². The van der Waals surface area contributed by atoms with E-state index in [0.29, 0.717) is 18.2 Å². The van der Waals surface area contributed by atoms with E-state index in [1.807, 2.05) is 9.80 Å². The number of alkyl halides is 3. The van der Waals surface area contributed by atoms with Crippen molar-refractivity contribution in [1.82, 2.24) is 9.80 Å². The van der Waals surface area contributed by atoms with Crippen molar-refractivity contribution < 1.29 is 13.2 Å². The fraction of sp³-hybridized carbons (Fsp3) is 0.632. The highest BCUT2D eigenvalue weighted by molar-refractivity contribution is 14.0. The lowest BCUT2D eigenvalue weighted by Crippen LogP contribution is -2.46. The molecule has 1 saturated heterocycles. The third kappa shape index (κ3) is 7.31. The van der Waals surface area contributed by atoms with Crippen LogP contribution in [-0.4, -0.2) is 68.1 Å². The quantitative estimate of drug-likeness (QED) is 0.263. The molecule has 1 aliphatic heterocycles. The topological polar surface area (TPSA) is 48.1 Å². The fourth-order valence-electron chi connectivity index (χ4n) is 3.24. The van der Waals surface area contributed by atoms with Gasteiger partial charge in [0, 0.05) is 58.0 Å². The van der Waals surface area contributed by atoms with Gasteiger partial charge in [-0.25, -0.2) is 0 Å². The summed E-state index contributed by atoms with van der Waals surface area (Å²) in [5.41, 5.74) is 6.01. The molecule has 5 nitrogen and oxygen atoms in total. The van der Waals surface area contributed by atoms with Gasteiger partial charge in [0.2, 0.25) is 0 Å². The predicted octanol–water partition coefficient (Wildman–Crippen LogP) is 3.49. The van der Waals surface area contributed by atoms with Crippen LogP contribution in [0, 0.1) is 0 Å². The molecular formula is C19H31F3IN5. The summed E-state index contributed by atoms with van der Waals surface area (Å²) in [6.07, 6.45) is -3.38. The third-order valence-corrected chi connectivity index (χ3v) is 4.90. The molecule has 1 fully saturated rings. The van der Waals surface area contributed by atoms with E-state index in [9.17, 15) is 13.2 Å². The van der Waals surface area contributed by atoms with E-state index in [-0.39, 0.29) is 24.0 Å². The lowest BCUT2D eigenvalue weighted by atomic mass is 10.1. The first-order chi connectivity index (χ1) is 12.8. The van der Waals surface area contributed by atoms with Crippen LogP contribution in [-0.2, 0) is 6.18 Å². The number of nitrogens with zero attached hydrogens (tertiary/aromatic N) is 4. The molecule has 28 heavy (non-hydrogen) atoms. The van der Waals surface area contributed by atoms with E-state index in [0.717, 1.165) is 58.3 Å². The van der Waals surface area contributed by atoms with Gasteiger partial charge in [0.1, 0.15) is 0 Å². The average Bonchev–Trinajstić information content (AvgIpc) is 2.66. The van der Waals surface area contributed by atoms with Crippen molar-refractivity contribution in [3.8, 4) is 0 Å². The summed E-state index contributed by atoms with van der Waals surface area (Å²) in [5.74, 6) is 0.592. The van der Waals surface area contributed by atoms with Crippen molar-refractivity contribution in [1.29, 1.82) is 0 Å². The minimum atomic E-state index is -4.30. The van der Waals surface area contributed by atoms with Crippen molar-refractivity contribution in [2.45, 2.75) is 26.4 Å². The Kier molecular flexibility index (Phi) is 10.4. The van der Waals surface area contributed by atoms with Gasteiger partial charge >= 0.3 is 6.18 Å². The highest BCUT2D eigenvalue weighted by Crippen LogP contribution is 2.31. The monoisotopic (exact) mass is 513 g/mol. The van der Waals surface area contributed by atoms with Crippen LogP contribution >= 0.6 is 24.0 Å². The van der Waals surface area contributed by atoms with Crippen LogP contribution in [0.4, 0.5) is 18.9 Å². The SMILES string of the molecule is CCN(CC)C(N)=NCCCN1CCN(c2cccc(C(F)(F)F)c2)CC1.I. The number of piperazine rings is 1. The Labute approximate surface area is 182 Å². The first-order valence-corrected chi connectivity index (χ1v) is 9.54. The Bertz CT molecular complexity index is 612. The van der Waals surface area contributed by atoms with Crippen molar-refractivity contribution in [2.24, 2.45) is 10.7 Å². The second kappa shape index (κ2) is 11.7. The number of guanidine groups is 1. The molecule has 0 saturated carbocycles. The van der Waals surface area contributed by atoms with Gasteiger partial charge in [-0.2, -0.15) is 13.2 Å². The normalized spacial score (nSPS) is 16.0. The summed E-state index contributed by atoms with van der Waals surface area (Å²) in [5, 5.41) is 0. The lowest BCUT2D eigenvalue weighted by Gasteiger charge is -2.36. The van der Waals surface area contributed by atoms with Crippen LogP contribution in [0.1, 0.15) is 25.8 Å². The lowest BCUT2D eigenvalue weighted by molar-refractivity contribution is -0.137. The number of hydrogen-bond donors (Lipinski definition) is 1. The number of aliphatic imine (C=N–C) groups is 1. The molecule has 9 heteroatoms. The van der Waals surface area contributed by atoms with Crippen molar-refractivity contribution in [3.05, 3.63) is 29.8 Å². The second-order valence-electron chi connectivity index (χ2n) is 6.64. The van der Waals surface area contributed by atoms with Crippen molar-refractivity contribution in [3.63, 3.8) is 0 Å². The number of benzene rings is 1. The smallest absolute Gasteiger partial charge is 0.370 e. The molecule has 0 aliphatic carbocycles. The fourth-order valence-corrected chi connectivity index (χ4v) is 3.24. The Hall–Kier alpha value is -1.23. The molecule has 0 radical (unpaired) electrons. The molecule has 1 heterocycles. The van der Waals surface area contributed by atoms with Gasteiger partial charge in [-0.1, -0.05) is 6.07 Å². The minimum Gasteiger partial charge on any atom is -0.370 e. The number of halogens is 4. The van der Waals surface area contributed by atoms with Gasteiger partial charge in [-0.3, -0.25) is 9.89 Å². The van der Waals surface area contributed by atoms with Crippen molar-refractivity contribution in [2.75, 3.05) is 57.3 Å². The van der Waals surface area contributed by atoms with E-state index in [1.54, 1.807) is 6.07 Å². The van der Waals surface area contributed by atoms with Crippen LogP contribution in [0.5, 0.6) is 0 Å². The summed E-state index contributed by atoms with van der Waals surface area (Å²) in [6, 6.07) is 5.57. The molecule has 1 aliphatic rings. The highest BCUT2D eigenvalue weighted by Gasteiger charge is 2.31. The van der Waals surface area contributed by atoms with Gasteiger partial charge in [-0.05, 0) is 38.5 Å². The van der Waals surface area contributed by atoms with Crippen LogP contribution in [0.25, 0.3) is 0 Å². The zero-order chi connectivity index (χ0) is 19.9. The van der Waals surface area contributed by atoms with Gasteiger partial charge < -0.3 is 15.5 Å². The maximum absolute atomic E-state index is 12.9. The molecular weight excluding hydrogens is 482 g/mol. The van der Waals surface area contributed by atoms with Crippen LogP contribution in [0.15, 0.2) is 29.3 Å². The maximum Gasteiger partial charge on any atom is 0.416 e. The van der Waals surface area contributed by atoms with E-state index in [1.165, 1.54) is 12.1 Å². The molecule has 0 atom stereocenters. The van der Waals surface area contributed by atoms with Gasteiger partial charge in [0.05, 0.1) is 5.56 Å². The molecule has 0 aromatic heterocycles. The summed E-state index contributed by atoms with van der Waals surface area (Å²) >= 11 is 0. The van der Waals surface area contributed by atoms with Gasteiger partial charge in [0.25, 0.3) is 0 Å². The van der Waals surface area contributed by atoms with Crippen LogP contribution < -0.4 is 10.6 Å². The number of nitrogens with two attached hydrogens (primary N) is 1. The molecule has 1 aromatic carbocycles. The highest BCUT2D eigenvalue weighted by atomic mass is 127. The molecule has 2 rings (SSSR count). The molecule has 1 aromatic rings. The minimum absolute atomic E-state index is 0. The Morgan fingerprint density at radius 2 is 1.79 bits per heavy atom. The van der Waals surface area contributed by atoms with E-state index >= 15 is 0 Å². The summed E-state index contributed by atoms with van der Waals surface area (Å²) in [4.78, 5) is 10.8. The Balaban J connectivity index is 0.00000392. The Morgan fingerprint density at radius 3 is 2.36 bits per heavy atom. The van der Waals surface area contributed by atoms with E-state index in [4.69, 9.17) is 5.73 Å². The molecule has 0 amide bonds. The first-order valence-electron chi connectivity index (χ1n) is 9.54. The summed E-state index contributed by atoms with van der Waals surface area (Å²) < 4.78 is 38.6. The number of anilines is 1. The predicted molar refractivity (Wildman–Crippen MR) is 120 cm³/mol. The number of hydrogen-bond acceptors (Lipinski definition) is 3. The van der Waals surface area contributed by atoms with E-state index < -0.39 is 11.7 Å². The second-order valence-corrected chi connectivity index (χ2v) is 6.64. The standard InChI is InChI=1S/C19H30F3N5.HI/c1-3-26(4-2)18(23)24-9-6-10-25-11-13-27(14-12-25)17-8-5-7-16(15-17)19(20,21)22;/h5,7-8,15H,3-4,6,9-14H2,1-2H3,(H2,23,24);1H. The van der Waals surface area contributed by atoms with Gasteiger partial charge in [0.15, 0.2) is 5.96 Å². The third-order valence-electron chi connectivity index (χ3n) is 4.90. The molecule has 2 N–H and O–H groups in total. The molecule has 0 spiro atoms. The largest absolute Gasteiger partial charge is 0.416 e. The van der Waals surface area contributed by atoms with Gasteiger partial charge in [-0.15, -0.1) is 24.0 Å². The zero-order valence-corrected chi connectivity index (χ0v) is 18.9. The molecule has 160 valence electrons. The first kappa shape index (κ1) is 24.8. The van der Waals surface area contributed by atoms with E-state index in [2.05, 4.69) is 23.7 Å². The summed E-state index contributed by atoms with van der Waals surface area (Å²) in [6.45, 7) is 10.6. The number of rotatable bonds is 7. The molecule has 0 bridgehead atoms. The van der Waals surface area contributed by atoms with Crippen LogP contribution in [0.3, 0.4) is 0 Å². The van der Waals surface area contributed by atoms with Crippen molar-refractivity contribution >= 4 is 35.6 Å². The molecule has 0 unspecified atom stereocenters. The summed E-state index contributed by atoms with van der Waals surface area (Å²) in [7, 11) is 0. The average molecular weight is 513 g/mol.